The standard InChI is InChI=1S/C18H30N6O/c1-6-25-10-9-22-7-8-23(12-14(22)2)16-15-11-21-24(18(3,4)5)17(15)20-13-19-16/h11,13-14H,6-10,12H2,1-5H3/t14-/m0/s1. The lowest BCUT2D eigenvalue weighted by molar-refractivity contribution is 0.0925. The highest BCUT2D eigenvalue weighted by molar-refractivity contribution is 5.86. The fourth-order valence-electron chi connectivity index (χ4n) is 3.42. The molecule has 1 atom stereocenters. The summed E-state index contributed by atoms with van der Waals surface area (Å²) in [6.07, 6.45) is 3.57. The molecule has 0 aliphatic carbocycles. The van der Waals surface area contributed by atoms with Crippen LogP contribution in [0.3, 0.4) is 0 Å². The van der Waals surface area contributed by atoms with E-state index in [1.54, 1.807) is 6.33 Å². The van der Waals surface area contributed by atoms with Crippen LogP contribution < -0.4 is 4.90 Å². The van der Waals surface area contributed by atoms with Crippen LogP contribution in [-0.4, -0.2) is 70.1 Å². The fourth-order valence-corrected chi connectivity index (χ4v) is 3.42. The van der Waals surface area contributed by atoms with Gasteiger partial charge in [-0.25, -0.2) is 14.6 Å². The summed E-state index contributed by atoms with van der Waals surface area (Å²) in [4.78, 5) is 13.9. The number of hydrogen-bond donors (Lipinski definition) is 0. The van der Waals surface area contributed by atoms with Crippen LogP contribution in [0.25, 0.3) is 11.0 Å². The summed E-state index contributed by atoms with van der Waals surface area (Å²) in [6.45, 7) is 16.2. The monoisotopic (exact) mass is 346 g/mol. The third-order valence-electron chi connectivity index (χ3n) is 4.77. The third-order valence-corrected chi connectivity index (χ3v) is 4.77. The van der Waals surface area contributed by atoms with Gasteiger partial charge in [-0.2, -0.15) is 5.10 Å². The Morgan fingerprint density at radius 2 is 2.04 bits per heavy atom. The molecule has 0 saturated carbocycles. The fraction of sp³-hybridized carbons (Fsp3) is 0.722. The summed E-state index contributed by atoms with van der Waals surface area (Å²) in [7, 11) is 0. The van der Waals surface area contributed by atoms with Gasteiger partial charge in [-0.3, -0.25) is 4.90 Å². The number of aromatic nitrogens is 4. The van der Waals surface area contributed by atoms with Gasteiger partial charge >= 0.3 is 0 Å². The molecule has 3 heterocycles. The molecule has 7 nitrogen and oxygen atoms in total. The number of ether oxygens (including phenoxy) is 1. The molecule has 7 heteroatoms. The Hall–Kier alpha value is -1.73. The third kappa shape index (κ3) is 3.77. The van der Waals surface area contributed by atoms with Crippen molar-refractivity contribution >= 4 is 16.9 Å². The van der Waals surface area contributed by atoms with Crippen molar-refractivity contribution in [3.8, 4) is 0 Å². The lowest BCUT2D eigenvalue weighted by Crippen LogP contribution is -2.53. The molecule has 0 N–H and O–H groups in total. The number of rotatable bonds is 5. The number of hydrogen-bond acceptors (Lipinski definition) is 6. The van der Waals surface area contributed by atoms with Crippen LogP contribution in [0.1, 0.15) is 34.6 Å². The summed E-state index contributed by atoms with van der Waals surface area (Å²) >= 11 is 0. The van der Waals surface area contributed by atoms with E-state index in [0.29, 0.717) is 6.04 Å². The predicted molar refractivity (Wildman–Crippen MR) is 100 cm³/mol. The molecule has 1 aliphatic rings. The minimum atomic E-state index is -0.0986. The van der Waals surface area contributed by atoms with Crippen LogP contribution in [-0.2, 0) is 10.3 Å². The van der Waals surface area contributed by atoms with Crippen molar-refractivity contribution in [2.24, 2.45) is 0 Å². The van der Waals surface area contributed by atoms with Crippen molar-refractivity contribution < 1.29 is 4.74 Å². The lowest BCUT2D eigenvalue weighted by Gasteiger charge is -2.40. The minimum absolute atomic E-state index is 0.0986. The van der Waals surface area contributed by atoms with Crippen LogP contribution in [0.15, 0.2) is 12.5 Å². The molecule has 0 amide bonds. The molecule has 0 radical (unpaired) electrons. The summed E-state index contributed by atoms with van der Waals surface area (Å²) < 4.78 is 7.48. The number of nitrogens with zero attached hydrogens (tertiary/aromatic N) is 6. The average molecular weight is 346 g/mol. The highest BCUT2D eigenvalue weighted by Crippen LogP contribution is 2.27. The van der Waals surface area contributed by atoms with Gasteiger partial charge in [0.25, 0.3) is 0 Å². The Morgan fingerprint density at radius 3 is 2.72 bits per heavy atom. The zero-order valence-electron chi connectivity index (χ0n) is 16.1. The lowest BCUT2D eigenvalue weighted by atomic mass is 10.1. The molecule has 1 fully saturated rings. The Balaban J connectivity index is 1.78. The quantitative estimate of drug-likeness (QED) is 0.773. The van der Waals surface area contributed by atoms with Gasteiger partial charge in [-0.05, 0) is 34.6 Å². The van der Waals surface area contributed by atoms with Gasteiger partial charge in [0, 0.05) is 38.8 Å². The molecule has 3 rings (SSSR count). The Morgan fingerprint density at radius 1 is 1.24 bits per heavy atom. The maximum atomic E-state index is 5.50. The van der Waals surface area contributed by atoms with Crippen molar-refractivity contribution in [3.05, 3.63) is 12.5 Å². The highest BCUT2D eigenvalue weighted by atomic mass is 16.5. The zero-order chi connectivity index (χ0) is 18.0. The minimum Gasteiger partial charge on any atom is -0.380 e. The van der Waals surface area contributed by atoms with Gasteiger partial charge in [0.2, 0.25) is 0 Å². The van der Waals surface area contributed by atoms with E-state index in [1.807, 2.05) is 17.8 Å². The van der Waals surface area contributed by atoms with E-state index in [-0.39, 0.29) is 5.54 Å². The summed E-state index contributed by atoms with van der Waals surface area (Å²) in [5.74, 6) is 0.997. The zero-order valence-corrected chi connectivity index (χ0v) is 16.1. The van der Waals surface area contributed by atoms with Crippen molar-refractivity contribution in [1.82, 2.24) is 24.6 Å². The largest absolute Gasteiger partial charge is 0.380 e. The molecule has 0 bridgehead atoms. The van der Waals surface area contributed by atoms with E-state index in [0.717, 1.165) is 56.2 Å². The first-order valence-electron chi connectivity index (χ1n) is 9.17. The van der Waals surface area contributed by atoms with Crippen LogP contribution in [0.5, 0.6) is 0 Å². The van der Waals surface area contributed by atoms with Crippen molar-refractivity contribution in [2.45, 2.75) is 46.2 Å². The Labute approximate surface area is 150 Å². The van der Waals surface area contributed by atoms with Crippen LogP contribution >= 0.6 is 0 Å². The summed E-state index contributed by atoms with van der Waals surface area (Å²) in [6, 6.07) is 0.469. The molecule has 2 aromatic rings. The van der Waals surface area contributed by atoms with Gasteiger partial charge < -0.3 is 9.64 Å². The maximum Gasteiger partial charge on any atom is 0.163 e. The first-order valence-corrected chi connectivity index (χ1v) is 9.17. The van der Waals surface area contributed by atoms with Crippen molar-refractivity contribution in [2.75, 3.05) is 44.3 Å². The van der Waals surface area contributed by atoms with E-state index in [9.17, 15) is 0 Å². The topological polar surface area (TPSA) is 59.3 Å². The number of piperazine rings is 1. The van der Waals surface area contributed by atoms with Gasteiger partial charge in [0.05, 0.1) is 23.7 Å². The molecule has 25 heavy (non-hydrogen) atoms. The molecule has 2 aromatic heterocycles. The van der Waals surface area contributed by atoms with Crippen LogP contribution in [0.2, 0.25) is 0 Å². The Kier molecular flexibility index (Phi) is 5.24. The van der Waals surface area contributed by atoms with E-state index >= 15 is 0 Å². The van der Waals surface area contributed by atoms with Gasteiger partial charge in [-0.1, -0.05) is 0 Å². The average Bonchev–Trinajstić information content (AvgIpc) is 3.00. The second kappa shape index (κ2) is 7.25. The maximum absolute atomic E-state index is 5.50. The SMILES string of the molecule is CCOCCN1CCN(c2ncnc3c2cnn3C(C)(C)C)C[C@@H]1C. The molecule has 0 unspecified atom stereocenters. The molecule has 0 spiro atoms. The molecular weight excluding hydrogens is 316 g/mol. The molecule has 1 aliphatic heterocycles. The molecule has 1 saturated heterocycles. The van der Waals surface area contributed by atoms with E-state index in [4.69, 9.17) is 4.74 Å². The van der Waals surface area contributed by atoms with Crippen LogP contribution in [0, 0.1) is 0 Å². The van der Waals surface area contributed by atoms with Crippen molar-refractivity contribution in [1.29, 1.82) is 0 Å². The van der Waals surface area contributed by atoms with Gasteiger partial charge in [-0.15, -0.1) is 0 Å². The summed E-state index contributed by atoms with van der Waals surface area (Å²) in [5, 5.41) is 5.60. The Bertz CT molecular complexity index is 707. The second-order valence-electron chi connectivity index (χ2n) is 7.69. The molecular formula is C18H30N6O. The molecule has 138 valence electrons. The van der Waals surface area contributed by atoms with Gasteiger partial charge in [0.1, 0.15) is 12.1 Å². The van der Waals surface area contributed by atoms with Crippen LogP contribution in [0.4, 0.5) is 5.82 Å². The highest BCUT2D eigenvalue weighted by Gasteiger charge is 2.27. The molecule has 0 aromatic carbocycles. The predicted octanol–water partition coefficient (Wildman–Crippen LogP) is 2.13. The van der Waals surface area contributed by atoms with Gasteiger partial charge in [0.15, 0.2) is 5.65 Å². The first kappa shape index (κ1) is 18.1. The smallest absolute Gasteiger partial charge is 0.163 e. The first-order chi connectivity index (χ1) is 11.9. The summed E-state index contributed by atoms with van der Waals surface area (Å²) in [5.41, 5.74) is 0.808. The van der Waals surface area contributed by atoms with Crippen molar-refractivity contribution in [3.63, 3.8) is 0 Å². The second-order valence-corrected chi connectivity index (χ2v) is 7.69. The number of anilines is 1. The van der Waals surface area contributed by atoms with E-state index in [2.05, 4.69) is 52.6 Å². The van der Waals surface area contributed by atoms with E-state index in [1.165, 1.54) is 0 Å². The normalized spacial score (nSPS) is 19.7. The number of fused-ring (bicyclic) bond motifs is 1. The van der Waals surface area contributed by atoms with E-state index < -0.39 is 0 Å².